The smallest absolute Gasteiger partial charge is 0.408 e. The first kappa shape index (κ1) is 33.3. The Morgan fingerprint density at radius 1 is 0.861 bits per heavy atom. The number of hydrogen-bond acceptors (Lipinski definition) is 9. The van der Waals surface area contributed by atoms with Gasteiger partial charge in [-0.25, -0.2) is 9.59 Å². The van der Waals surface area contributed by atoms with E-state index in [1.165, 1.54) is 7.11 Å². The summed E-state index contributed by atoms with van der Waals surface area (Å²) in [7, 11) is 1.25. The Bertz CT molecular complexity index is 693. The molecule has 0 radical (unpaired) electrons. The molecule has 1 unspecified atom stereocenters. The minimum atomic E-state index is -0.823. The second-order valence-corrected chi connectivity index (χ2v) is 8.88. The standard InChI is InChI=1S/C24H43N3O9/c1-18(2)21(29)26-11-12-33-13-14-34-15-16-35-17-20(28)25-10-8-7-9-19(22(30)32-6)27-23(31)36-24(3,4)5/h19H,1,7-17H2,2-6H3,(H,25,28)(H,26,29)(H,27,31). The van der Waals surface area contributed by atoms with E-state index >= 15 is 0 Å². The van der Waals surface area contributed by atoms with Crippen molar-refractivity contribution in [2.24, 2.45) is 0 Å². The quantitative estimate of drug-likeness (QED) is 0.130. The van der Waals surface area contributed by atoms with Crippen molar-refractivity contribution in [3.05, 3.63) is 12.2 Å². The van der Waals surface area contributed by atoms with Crippen LogP contribution in [0.1, 0.15) is 47.0 Å². The number of alkyl carbamates (subject to hydrolysis) is 1. The average Bonchev–Trinajstić information content (AvgIpc) is 2.79. The highest BCUT2D eigenvalue weighted by Crippen LogP contribution is 2.09. The number of methoxy groups -OCH3 is 1. The van der Waals surface area contributed by atoms with Crippen LogP contribution in [0.3, 0.4) is 0 Å². The number of hydrogen-bond donors (Lipinski definition) is 3. The summed E-state index contributed by atoms with van der Waals surface area (Å²) in [6.45, 7) is 12.8. The molecule has 0 fully saturated rings. The van der Waals surface area contributed by atoms with Crippen molar-refractivity contribution >= 4 is 23.9 Å². The molecule has 1 atom stereocenters. The zero-order valence-electron chi connectivity index (χ0n) is 22.2. The summed E-state index contributed by atoms with van der Waals surface area (Å²) in [6, 6.07) is -0.823. The Labute approximate surface area is 213 Å². The number of rotatable bonds is 19. The van der Waals surface area contributed by atoms with Crippen LogP contribution in [-0.4, -0.2) is 95.4 Å². The minimum absolute atomic E-state index is 0.0900. The molecule has 3 amide bonds. The fourth-order valence-corrected chi connectivity index (χ4v) is 2.59. The summed E-state index contributed by atoms with van der Waals surface area (Å²) in [5, 5.41) is 7.90. The van der Waals surface area contributed by atoms with Gasteiger partial charge in [-0.05, 0) is 47.0 Å². The largest absolute Gasteiger partial charge is 0.467 e. The maximum atomic E-state index is 11.9. The number of esters is 1. The predicted molar refractivity (Wildman–Crippen MR) is 132 cm³/mol. The molecule has 208 valence electrons. The molecule has 0 saturated carbocycles. The molecule has 0 aliphatic rings. The van der Waals surface area contributed by atoms with E-state index in [1.54, 1.807) is 27.7 Å². The van der Waals surface area contributed by atoms with Crippen molar-refractivity contribution in [2.45, 2.75) is 58.6 Å². The number of carbonyl (C=O) groups excluding carboxylic acids is 4. The molecule has 36 heavy (non-hydrogen) atoms. The molecule has 0 saturated heterocycles. The molecule has 0 aromatic carbocycles. The molecule has 0 rings (SSSR count). The predicted octanol–water partition coefficient (Wildman–Crippen LogP) is 1.08. The monoisotopic (exact) mass is 517 g/mol. The van der Waals surface area contributed by atoms with Crippen molar-refractivity contribution in [2.75, 3.05) is 59.8 Å². The Morgan fingerprint density at radius 3 is 2.06 bits per heavy atom. The van der Waals surface area contributed by atoms with Gasteiger partial charge in [0.2, 0.25) is 11.8 Å². The van der Waals surface area contributed by atoms with Crippen LogP contribution < -0.4 is 16.0 Å². The molecule has 12 heteroatoms. The minimum Gasteiger partial charge on any atom is -0.467 e. The van der Waals surface area contributed by atoms with Crippen LogP contribution in [0.5, 0.6) is 0 Å². The Morgan fingerprint density at radius 2 is 1.47 bits per heavy atom. The van der Waals surface area contributed by atoms with E-state index in [0.717, 1.165) is 0 Å². The number of unbranched alkanes of at least 4 members (excludes halogenated alkanes) is 1. The van der Waals surface area contributed by atoms with Gasteiger partial charge in [-0.15, -0.1) is 0 Å². The Hall–Kier alpha value is -2.70. The topological polar surface area (TPSA) is 151 Å². The van der Waals surface area contributed by atoms with Crippen LogP contribution in [0.4, 0.5) is 4.79 Å². The van der Waals surface area contributed by atoms with Gasteiger partial charge in [-0.1, -0.05) is 6.58 Å². The molecule has 12 nitrogen and oxygen atoms in total. The lowest BCUT2D eigenvalue weighted by Crippen LogP contribution is -2.44. The maximum absolute atomic E-state index is 11.9. The zero-order chi connectivity index (χ0) is 27.4. The molecular weight excluding hydrogens is 474 g/mol. The highest BCUT2D eigenvalue weighted by atomic mass is 16.6. The van der Waals surface area contributed by atoms with E-state index in [1.807, 2.05) is 0 Å². The van der Waals surface area contributed by atoms with Gasteiger partial charge in [0.25, 0.3) is 0 Å². The first-order chi connectivity index (χ1) is 17.0. The van der Waals surface area contributed by atoms with Gasteiger partial charge in [0.1, 0.15) is 18.2 Å². The molecule has 0 spiro atoms. The van der Waals surface area contributed by atoms with Gasteiger partial charge in [0.05, 0.1) is 40.1 Å². The van der Waals surface area contributed by atoms with E-state index in [0.29, 0.717) is 64.4 Å². The maximum Gasteiger partial charge on any atom is 0.408 e. The average molecular weight is 518 g/mol. The molecule has 0 aromatic heterocycles. The van der Waals surface area contributed by atoms with E-state index in [-0.39, 0.29) is 25.0 Å². The second-order valence-electron chi connectivity index (χ2n) is 8.88. The third-order valence-electron chi connectivity index (χ3n) is 4.32. The zero-order valence-corrected chi connectivity index (χ0v) is 22.2. The normalized spacial score (nSPS) is 11.8. The van der Waals surface area contributed by atoms with Crippen molar-refractivity contribution in [3.8, 4) is 0 Å². The summed E-state index contributed by atoms with van der Waals surface area (Å²) >= 11 is 0. The first-order valence-corrected chi connectivity index (χ1v) is 12.0. The highest BCUT2D eigenvalue weighted by molar-refractivity contribution is 5.92. The molecule has 0 heterocycles. The third-order valence-corrected chi connectivity index (χ3v) is 4.32. The lowest BCUT2D eigenvalue weighted by Gasteiger charge is -2.22. The Balaban J connectivity index is 3.75. The molecule has 3 N–H and O–H groups in total. The van der Waals surface area contributed by atoms with Gasteiger partial charge in [-0.2, -0.15) is 0 Å². The van der Waals surface area contributed by atoms with Crippen LogP contribution in [0.15, 0.2) is 12.2 Å². The number of ether oxygens (including phenoxy) is 5. The van der Waals surface area contributed by atoms with Crippen LogP contribution in [-0.2, 0) is 38.1 Å². The van der Waals surface area contributed by atoms with Crippen LogP contribution in [0, 0.1) is 0 Å². The molecular formula is C24H43N3O9. The fourth-order valence-electron chi connectivity index (χ4n) is 2.59. The molecule has 0 aliphatic carbocycles. The first-order valence-electron chi connectivity index (χ1n) is 12.0. The molecule has 0 aliphatic heterocycles. The SMILES string of the molecule is C=C(C)C(=O)NCCOCCOCCOCC(=O)NCCCCC(NC(=O)OC(C)(C)C)C(=O)OC. The summed E-state index contributed by atoms with van der Waals surface area (Å²) in [5.41, 5.74) is -0.227. The summed E-state index contributed by atoms with van der Waals surface area (Å²) in [4.78, 5) is 46.9. The van der Waals surface area contributed by atoms with Crippen LogP contribution >= 0.6 is 0 Å². The van der Waals surface area contributed by atoms with E-state index in [2.05, 4.69) is 22.5 Å². The van der Waals surface area contributed by atoms with Crippen molar-refractivity contribution in [3.63, 3.8) is 0 Å². The van der Waals surface area contributed by atoms with Gasteiger partial charge < -0.3 is 39.6 Å². The number of nitrogens with one attached hydrogen (secondary N) is 3. The fraction of sp³-hybridized carbons (Fsp3) is 0.750. The lowest BCUT2D eigenvalue weighted by molar-refractivity contribution is -0.143. The number of amides is 3. The van der Waals surface area contributed by atoms with Gasteiger partial charge >= 0.3 is 12.1 Å². The van der Waals surface area contributed by atoms with Crippen molar-refractivity contribution in [1.82, 2.24) is 16.0 Å². The Kier molecular flexibility index (Phi) is 18.0. The summed E-state index contributed by atoms with van der Waals surface area (Å²) < 4.78 is 25.8. The highest BCUT2D eigenvalue weighted by Gasteiger charge is 2.24. The summed E-state index contributed by atoms with van der Waals surface area (Å²) in [6.07, 6.45) is 0.842. The van der Waals surface area contributed by atoms with Gasteiger partial charge in [0.15, 0.2) is 0 Å². The molecule has 0 aromatic rings. The third kappa shape index (κ3) is 19.6. The van der Waals surface area contributed by atoms with E-state index in [9.17, 15) is 19.2 Å². The van der Waals surface area contributed by atoms with Crippen molar-refractivity contribution in [1.29, 1.82) is 0 Å². The number of carbonyl (C=O) groups is 4. The van der Waals surface area contributed by atoms with Gasteiger partial charge in [0, 0.05) is 18.7 Å². The van der Waals surface area contributed by atoms with Crippen LogP contribution in [0.2, 0.25) is 0 Å². The van der Waals surface area contributed by atoms with Gasteiger partial charge in [-0.3, -0.25) is 9.59 Å². The van der Waals surface area contributed by atoms with E-state index in [4.69, 9.17) is 23.7 Å². The lowest BCUT2D eigenvalue weighted by atomic mass is 10.1. The summed E-state index contributed by atoms with van der Waals surface area (Å²) in [5.74, 6) is -1.01. The van der Waals surface area contributed by atoms with E-state index < -0.39 is 23.7 Å². The molecule has 0 bridgehead atoms. The second kappa shape index (κ2) is 19.5. The van der Waals surface area contributed by atoms with Crippen LogP contribution in [0.25, 0.3) is 0 Å². The van der Waals surface area contributed by atoms with Crippen molar-refractivity contribution < 1.29 is 42.9 Å².